The maximum Gasteiger partial charge on any atom is 0.270 e. The van der Waals surface area contributed by atoms with Crippen LogP contribution in [0.4, 0.5) is 17.1 Å². The molecular weight excluding hydrogens is 380 g/mol. The van der Waals surface area contributed by atoms with E-state index in [4.69, 9.17) is 0 Å². The second-order valence-electron chi connectivity index (χ2n) is 7.27. The van der Waals surface area contributed by atoms with Gasteiger partial charge >= 0.3 is 0 Å². The summed E-state index contributed by atoms with van der Waals surface area (Å²) >= 11 is 1.77. The van der Waals surface area contributed by atoms with Gasteiger partial charge in [-0.2, -0.15) is 0 Å². The van der Waals surface area contributed by atoms with Crippen molar-refractivity contribution in [1.82, 2.24) is 0 Å². The van der Waals surface area contributed by atoms with E-state index in [0.717, 1.165) is 17.7 Å². The van der Waals surface area contributed by atoms with Crippen LogP contribution in [0.15, 0.2) is 76.5 Å². The van der Waals surface area contributed by atoms with E-state index in [1.807, 2.05) is 6.07 Å². The number of para-hydroxylation sites is 1. The van der Waals surface area contributed by atoms with Crippen molar-refractivity contribution in [3.63, 3.8) is 0 Å². The van der Waals surface area contributed by atoms with Crippen LogP contribution in [-0.2, 0) is 0 Å². The van der Waals surface area contributed by atoms with E-state index in [2.05, 4.69) is 54.3 Å². The molecule has 148 valence electrons. The topological polar surface area (TPSA) is 46.4 Å². The second kappa shape index (κ2) is 8.70. The highest BCUT2D eigenvalue weighted by atomic mass is 32.2. The lowest BCUT2D eigenvalue weighted by molar-refractivity contribution is -0.384. The molecule has 0 N–H and O–H groups in total. The molecule has 0 saturated heterocycles. The van der Waals surface area contributed by atoms with Gasteiger partial charge in [0.1, 0.15) is 0 Å². The van der Waals surface area contributed by atoms with E-state index >= 15 is 0 Å². The molecule has 0 amide bonds. The molecule has 0 saturated carbocycles. The molecule has 0 atom stereocenters. The highest BCUT2D eigenvalue weighted by Gasteiger charge is 2.23. The summed E-state index contributed by atoms with van der Waals surface area (Å²) < 4.78 is 0. The Balaban J connectivity index is 1.68. The van der Waals surface area contributed by atoms with Crippen LogP contribution >= 0.6 is 11.8 Å². The summed E-state index contributed by atoms with van der Waals surface area (Å²) in [5.41, 5.74) is 4.49. The molecule has 1 heterocycles. The third-order valence-corrected chi connectivity index (χ3v) is 6.36. The third kappa shape index (κ3) is 4.15. The zero-order chi connectivity index (χ0) is 20.2. The molecule has 3 aromatic rings. The quantitative estimate of drug-likeness (QED) is 0.233. The maximum atomic E-state index is 11.1. The molecule has 29 heavy (non-hydrogen) atoms. The summed E-state index contributed by atoms with van der Waals surface area (Å²) in [4.78, 5) is 15.7. The number of anilines is 2. The molecule has 1 aliphatic rings. The minimum Gasteiger partial charge on any atom is -0.340 e. The molecule has 3 aromatic carbocycles. The van der Waals surface area contributed by atoms with Crippen molar-refractivity contribution in [2.24, 2.45) is 0 Å². The molecule has 0 unspecified atom stereocenters. The van der Waals surface area contributed by atoms with Gasteiger partial charge in [0.05, 0.1) is 16.3 Å². The Kier molecular flexibility index (Phi) is 5.86. The highest BCUT2D eigenvalue weighted by molar-refractivity contribution is 7.99. The zero-order valence-corrected chi connectivity index (χ0v) is 17.3. The Labute approximate surface area is 175 Å². The number of rotatable bonds is 7. The average molecular weight is 405 g/mol. The highest BCUT2D eigenvalue weighted by Crippen LogP contribution is 2.49. The van der Waals surface area contributed by atoms with E-state index in [0.29, 0.717) is 0 Å². The van der Waals surface area contributed by atoms with Gasteiger partial charge in [-0.05, 0) is 41.8 Å². The van der Waals surface area contributed by atoms with Gasteiger partial charge in [0, 0.05) is 28.5 Å². The zero-order valence-electron chi connectivity index (χ0n) is 16.5. The van der Waals surface area contributed by atoms with Gasteiger partial charge in [-0.1, -0.05) is 68.3 Å². The van der Waals surface area contributed by atoms with Crippen LogP contribution in [0.5, 0.6) is 0 Å². The van der Waals surface area contributed by atoms with Gasteiger partial charge in [-0.15, -0.1) is 0 Å². The van der Waals surface area contributed by atoms with Crippen molar-refractivity contribution >= 4 is 28.8 Å². The largest absolute Gasteiger partial charge is 0.340 e. The van der Waals surface area contributed by atoms with Gasteiger partial charge < -0.3 is 4.90 Å². The van der Waals surface area contributed by atoms with Crippen molar-refractivity contribution in [2.75, 3.05) is 11.4 Å². The minimum absolute atomic E-state index is 0.121. The van der Waals surface area contributed by atoms with Gasteiger partial charge in [0.15, 0.2) is 0 Å². The molecule has 0 spiro atoms. The molecule has 0 radical (unpaired) electrons. The first-order valence-corrected chi connectivity index (χ1v) is 10.9. The molecular formula is C24H24N2O2S. The average Bonchev–Trinajstić information content (AvgIpc) is 2.75. The summed E-state index contributed by atoms with van der Waals surface area (Å²) in [6.07, 6.45) is 4.90. The van der Waals surface area contributed by atoms with E-state index in [-0.39, 0.29) is 10.6 Å². The van der Waals surface area contributed by atoms with Gasteiger partial charge in [0.25, 0.3) is 5.69 Å². The van der Waals surface area contributed by atoms with Crippen molar-refractivity contribution in [3.8, 4) is 11.1 Å². The normalized spacial score (nSPS) is 12.4. The molecule has 0 bridgehead atoms. The Morgan fingerprint density at radius 1 is 0.862 bits per heavy atom. The smallest absolute Gasteiger partial charge is 0.270 e. The number of benzene rings is 3. The van der Waals surface area contributed by atoms with Crippen molar-refractivity contribution < 1.29 is 4.92 Å². The number of unbranched alkanes of at least 4 members (excludes halogenated alkanes) is 3. The first-order valence-electron chi connectivity index (χ1n) is 10.1. The Morgan fingerprint density at radius 3 is 2.48 bits per heavy atom. The molecule has 5 heteroatoms. The van der Waals surface area contributed by atoms with Crippen LogP contribution < -0.4 is 4.90 Å². The summed E-state index contributed by atoms with van der Waals surface area (Å²) in [5.74, 6) is 0. The van der Waals surface area contributed by atoms with E-state index in [9.17, 15) is 10.1 Å². The minimum atomic E-state index is -0.342. The third-order valence-electron chi connectivity index (χ3n) is 5.25. The SMILES string of the molecule is CCCCCCN1c2ccccc2Sc2cc(-c3cccc([N+](=O)[O-])c3)ccc21. The van der Waals surface area contributed by atoms with Crippen LogP contribution in [0.25, 0.3) is 11.1 Å². The van der Waals surface area contributed by atoms with E-state index in [1.165, 1.54) is 52.9 Å². The van der Waals surface area contributed by atoms with Crippen molar-refractivity contribution in [1.29, 1.82) is 0 Å². The molecule has 0 aliphatic carbocycles. The number of non-ortho nitro benzene ring substituents is 1. The summed E-state index contributed by atoms with van der Waals surface area (Å²) in [5, 5.41) is 11.1. The predicted molar refractivity (Wildman–Crippen MR) is 120 cm³/mol. The van der Waals surface area contributed by atoms with Crippen LogP contribution in [0.3, 0.4) is 0 Å². The molecule has 4 nitrogen and oxygen atoms in total. The first-order chi connectivity index (χ1) is 14.2. The number of nitro groups is 1. The first kappa shape index (κ1) is 19.5. The fraction of sp³-hybridized carbons (Fsp3) is 0.250. The van der Waals surface area contributed by atoms with Crippen molar-refractivity contribution in [2.45, 2.75) is 42.4 Å². The van der Waals surface area contributed by atoms with Gasteiger partial charge in [-0.3, -0.25) is 10.1 Å². The van der Waals surface area contributed by atoms with E-state index < -0.39 is 0 Å². The second-order valence-corrected chi connectivity index (χ2v) is 8.36. The summed E-state index contributed by atoms with van der Waals surface area (Å²) in [7, 11) is 0. The van der Waals surface area contributed by atoms with Gasteiger partial charge in [-0.25, -0.2) is 0 Å². The van der Waals surface area contributed by atoms with Crippen LogP contribution in [-0.4, -0.2) is 11.5 Å². The Bertz CT molecular complexity index is 1030. The fourth-order valence-electron chi connectivity index (χ4n) is 3.75. The summed E-state index contributed by atoms with van der Waals surface area (Å²) in [6.45, 7) is 3.23. The Hall–Kier alpha value is -2.79. The number of nitro benzene ring substituents is 1. The van der Waals surface area contributed by atoms with Gasteiger partial charge in [0.2, 0.25) is 0 Å². The van der Waals surface area contributed by atoms with Crippen LogP contribution in [0.2, 0.25) is 0 Å². The molecule has 4 rings (SSSR count). The Morgan fingerprint density at radius 2 is 1.66 bits per heavy atom. The lowest BCUT2D eigenvalue weighted by Crippen LogP contribution is -2.21. The fourth-order valence-corrected chi connectivity index (χ4v) is 4.88. The van der Waals surface area contributed by atoms with E-state index in [1.54, 1.807) is 23.9 Å². The number of hydrogen-bond acceptors (Lipinski definition) is 4. The number of fused-ring (bicyclic) bond motifs is 2. The van der Waals surface area contributed by atoms with Crippen LogP contribution in [0.1, 0.15) is 32.6 Å². The lowest BCUT2D eigenvalue weighted by atomic mass is 10.0. The predicted octanol–water partition coefficient (Wildman–Crippen LogP) is 7.44. The molecule has 0 aromatic heterocycles. The molecule has 0 fully saturated rings. The monoisotopic (exact) mass is 404 g/mol. The molecule has 1 aliphatic heterocycles. The lowest BCUT2D eigenvalue weighted by Gasteiger charge is -2.33. The number of nitrogens with zero attached hydrogens (tertiary/aromatic N) is 2. The van der Waals surface area contributed by atoms with Crippen molar-refractivity contribution in [3.05, 3.63) is 76.8 Å². The van der Waals surface area contributed by atoms with Crippen LogP contribution in [0, 0.1) is 10.1 Å². The summed E-state index contributed by atoms with van der Waals surface area (Å²) in [6, 6.07) is 21.8. The number of hydrogen-bond donors (Lipinski definition) is 0. The maximum absolute atomic E-state index is 11.1. The standard InChI is InChI=1S/C24H24N2O2S/c1-2-3-4-7-15-25-21-11-5-6-12-23(21)29-24-17-19(13-14-22(24)25)18-9-8-10-20(16-18)26(27)28/h5-6,8-14,16-17H,2-4,7,15H2,1H3.